The van der Waals surface area contributed by atoms with Crippen LogP contribution >= 0.6 is 0 Å². The third-order valence-corrected chi connectivity index (χ3v) is 6.73. The van der Waals surface area contributed by atoms with E-state index in [2.05, 4.69) is 32.1 Å². The Morgan fingerprint density at radius 3 is 2.61 bits per heavy atom. The van der Waals surface area contributed by atoms with Gasteiger partial charge in [-0.3, -0.25) is 4.79 Å². The highest BCUT2D eigenvalue weighted by Gasteiger charge is 2.37. The average molecular weight is 452 g/mol. The Morgan fingerprint density at radius 1 is 1.09 bits per heavy atom. The van der Waals surface area contributed by atoms with E-state index in [1.807, 2.05) is 53.6 Å². The van der Waals surface area contributed by atoms with Crippen molar-refractivity contribution in [3.8, 4) is 0 Å². The molecule has 5 heterocycles. The maximum atomic E-state index is 14.6. The highest BCUT2D eigenvalue weighted by atomic mass is 19.1. The average Bonchev–Trinajstić information content (AvgIpc) is 3.19. The number of hydrogen-bond donors (Lipinski definition) is 1. The maximum Gasteiger partial charge on any atom is 0.227 e. The van der Waals surface area contributed by atoms with Gasteiger partial charge in [-0.2, -0.15) is 0 Å². The number of nitrogens with one attached hydrogen (secondary N) is 1. The van der Waals surface area contributed by atoms with Crippen molar-refractivity contribution in [3.05, 3.63) is 54.4 Å². The van der Waals surface area contributed by atoms with Gasteiger partial charge < -0.3 is 24.4 Å². The lowest BCUT2D eigenvalue weighted by Gasteiger charge is -2.42. The van der Waals surface area contributed by atoms with Crippen LogP contribution < -0.4 is 15.1 Å². The third-order valence-electron chi connectivity index (χ3n) is 6.73. The summed E-state index contributed by atoms with van der Waals surface area (Å²) in [5, 5.41) is 3.16. The monoisotopic (exact) mass is 451 g/mol. The first kappa shape index (κ1) is 21.6. The zero-order valence-electron chi connectivity index (χ0n) is 19.3. The lowest BCUT2D eigenvalue weighted by atomic mass is 9.94. The van der Waals surface area contributed by atoms with Crippen molar-refractivity contribution in [1.82, 2.24) is 24.6 Å². The molecule has 2 aliphatic heterocycles. The second kappa shape index (κ2) is 8.30. The van der Waals surface area contributed by atoms with Crippen LogP contribution in [0.15, 0.2) is 42.9 Å². The summed E-state index contributed by atoms with van der Waals surface area (Å²) in [6.45, 7) is 8.59. The fourth-order valence-electron chi connectivity index (χ4n) is 4.58. The molecule has 3 aromatic heterocycles. The van der Waals surface area contributed by atoms with E-state index in [1.54, 1.807) is 6.20 Å². The number of carbonyl (C=O) groups is 1. The number of amides is 1. The van der Waals surface area contributed by atoms with Gasteiger partial charge in [-0.15, -0.1) is 0 Å². The summed E-state index contributed by atoms with van der Waals surface area (Å²) in [6, 6.07) is 7.63. The van der Waals surface area contributed by atoms with Crippen LogP contribution in [-0.4, -0.2) is 71.5 Å². The van der Waals surface area contributed by atoms with Gasteiger partial charge in [0.05, 0.1) is 35.2 Å². The van der Waals surface area contributed by atoms with Gasteiger partial charge in [-0.05, 0) is 33.0 Å². The molecule has 0 aliphatic carbocycles. The number of rotatable bonds is 5. The van der Waals surface area contributed by atoms with Gasteiger partial charge in [-0.1, -0.05) is 6.07 Å². The predicted molar refractivity (Wildman–Crippen MR) is 126 cm³/mol. The molecule has 3 aromatic rings. The second-order valence-corrected chi connectivity index (χ2v) is 9.57. The van der Waals surface area contributed by atoms with E-state index < -0.39 is 5.54 Å². The number of nitrogens with zero attached hydrogens (tertiary/aromatic N) is 6. The van der Waals surface area contributed by atoms with Crippen molar-refractivity contribution in [2.24, 2.45) is 5.92 Å². The van der Waals surface area contributed by atoms with E-state index in [9.17, 15) is 9.18 Å². The molecule has 1 amide bonds. The molecule has 0 atom stereocenters. The first-order valence-corrected chi connectivity index (χ1v) is 11.4. The van der Waals surface area contributed by atoms with Crippen molar-refractivity contribution >= 4 is 23.1 Å². The minimum Gasteiger partial charge on any atom is -0.367 e. The number of imidazole rings is 1. The smallest absolute Gasteiger partial charge is 0.227 e. The van der Waals surface area contributed by atoms with E-state index in [4.69, 9.17) is 0 Å². The Labute approximate surface area is 193 Å². The quantitative estimate of drug-likeness (QED) is 0.641. The molecule has 1 N–H and O–H groups in total. The van der Waals surface area contributed by atoms with Gasteiger partial charge in [0.25, 0.3) is 0 Å². The molecule has 5 rings (SSSR count). The molecule has 9 heteroatoms. The van der Waals surface area contributed by atoms with Crippen LogP contribution in [0.1, 0.15) is 19.5 Å². The van der Waals surface area contributed by atoms with Crippen molar-refractivity contribution < 1.29 is 9.18 Å². The Hall–Kier alpha value is -3.20. The minimum absolute atomic E-state index is 0.0316. The molecule has 0 aromatic carbocycles. The Kier molecular flexibility index (Phi) is 5.44. The zero-order chi connectivity index (χ0) is 23.2. The van der Waals surface area contributed by atoms with Crippen LogP contribution in [0.4, 0.5) is 15.9 Å². The molecule has 8 nitrogen and oxygen atoms in total. The summed E-state index contributed by atoms with van der Waals surface area (Å²) in [7, 11) is 2.10. The Balaban J connectivity index is 1.24. The third kappa shape index (κ3) is 4.13. The number of aromatic nitrogens is 3. The second-order valence-electron chi connectivity index (χ2n) is 9.57. The number of likely N-dealkylation sites (N-methyl/N-ethyl adjacent to an activating group) is 1. The molecule has 2 fully saturated rings. The fourth-order valence-corrected chi connectivity index (χ4v) is 4.58. The number of halogens is 1. The highest BCUT2D eigenvalue weighted by Crippen LogP contribution is 2.31. The number of anilines is 2. The molecule has 0 radical (unpaired) electrons. The largest absolute Gasteiger partial charge is 0.367 e. The van der Waals surface area contributed by atoms with Gasteiger partial charge in [-0.25, -0.2) is 14.4 Å². The molecule has 0 saturated carbocycles. The van der Waals surface area contributed by atoms with E-state index >= 15 is 0 Å². The van der Waals surface area contributed by atoms with Crippen LogP contribution in [0, 0.1) is 11.7 Å². The molecule has 2 saturated heterocycles. The first-order valence-electron chi connectivity index (χ1n) is 11.4. The van der Waals surface area contributed by atoms with Crippen LogP contribution in [0.25, 0.3) is 5.65 Å². The summed E-state index contributed by atoms with van der Waals surface area (Å²) >= 11 is 0. The van der Waals surface area contributed by atoms with Gasteiger partial charge in [0.2, 0.25) is 5.91 Å². The normalized spacial score (nSPS) is 17.9. The maximum absolute atomic E-state index is 14.6. The SMILES string of the molecule is CN1CCN(c2cc(N3CC(C(=O)NC(C)(C)c4cnc5ccccn45)C3)c(F)cn2)CC1. The van der Waals surface area contributed by atoms with Gasteiger partial charge in [0.15, 0.2) is 5.82 Å². The number of carbonyl (C=O) groups excluding carboxylic acids is 1. The Bertz CT molecular complexity index is 1160. The summed E-state index contributed by atoms with van der Waals surface area (Å²) in [6.07, 6.45) is 5.04. The first-order chi connectivity index (χ1) is 15.8. The Morgan fingerprint density at radius 2 is 1.85 bits per heavy atom. The standard InChI is InChI=1S/C24H30FN7O/c1-24(2,20-14-27-21-6-4-5-7-32(20)21)28-23(33)17-15-31(16-17)19-12-22(26-13-18(19)25)30-10-8-29(3)9-11-30/h4-7,12-14,17H,8-11,15-16H2,1-3H3,(H,28,33). The van der Waals surface area contributed by atoms with E-state index in [1.165, 1.54) is 6.20 Å². The summed E-state index contributed by atoms with van der Waals surface area (Å²) in [5.41, 5.74) is 1.69. The van der Waals surface area contributed by atoms with Gasteiger partial charge in [0.1, 0.15) is 11.5 Å². The number of hydrogen-bond acceptors (Lipinski definition) is 6. The van der Waals surface area contributed by atoms with Gasteiger partial charge >= 0.3 is 0 Å². The highest BCUT2D eigenvalue weighted by molar-refractivity contribution is 5.83. The number of piperazine rings is 1. The van der Waals surface area contributed by atoms with Gasteiger partial charge in [0, 0.05) is 51.5 Å². The fraction of sp³-hybridized carbons (Fsp3) is 0.458. The van der Waals surface area contributed by atoms with E-state index in [0.717, 1.165) is 43.3 Å². The van der Waals surface area contributed by atoms with Crippen LogP contribution in [-0.2, 0) is 10.3 Å². The lowest BCUT2D eigenvalue weighted by Crippen LogP contribution is -2.57. The predicted octanol–water partition coefficient (Wildman–Crippen LogP) is 2.11. The molecule has 0 unspecified atom stereocenters. The molecule has 33 heavy (non-hydrogen) atoms. The summed E-state index contributed by atoms with van der Waals surface area (Å²) < 4.78 is 16.5. The van der Waals surface area contributed by atoms with E-state index in [-0.39, 0.29) is 17.6 Å². The van der Waals surface area contributed by atoms with Crippen molar-refractivity contribution in [1.29, 1.82) is 0 Å². The molecular formula is C24H30FN7O. The van der Waals surface area contributed by atoms with Crippen LogP contribution in [0.3, 0.4) is 0 Å². The molecule has 0 spiro atoms. The molecule has 0 bridgehead atoms. The van der Waals surface area contributed by atoms with Crippen molar-refractivity contribution in [2.45, 2.75) is 19.4 Å². The minimum atomic E-state index is -0.589. The topological polar surface area (TPSA) is 69.0 Å². The number of fused-ring (bicyclic) bond motifs is 1. The van der Waals surface area contributed by atoms with Crippen LogP contribution in [0.5, 0.6) is 0 Å². The molecule has 174 valence electrons. The molecule has 2 aliphatic rings. The van der Waals surface area contributed by atoms with E-state index in [0.29, 0.717) is 18.8 Å². The van der Waals surface area contributed by atoms with Crippen molar-refractivity contribution in [2.75, 3.05) is 56.1 Å². The van der Waals surface area contributed by atoms with Crippen molar-refractivity contribution in [3.63, 3.8) is 0 Å². The summed E-state index contributed by atoms with van der Waals surface area (Å²) in [5.74, 6) is 0.220. The lowest BCUT2D eigenvalue weighted by molar-refractivity contribution is -0.127. The summed E-state index contributed by atoms with van der Waals surface area (Å²) in [4.78, 5) is 28.1. The number of pyridine rings is 2. The van der Waals surface area contributed by atoms with Crippen LogP contribution in [0.2, 0.25) is 0 Å². The molecular weight excluding hydrogens is 421 g/mol. The zero-order valence-corrected chi connectivity index (χ0v) is 19.3.